The Kier molecular flexibility index (Phi) is 8.55. The van der Waals surface area contributed by atoms with Crippen LogP contribution < -0.4 is 14.8 Å². The smallest absolute Gasteiger partial charge is 0.407 e. The number of carbonyl (C=O) groups excluding carboxylic acids is 2. The average molecular weight is 420 g/mol. The lowest BCUT2D eigenvalue weighted by molar-refractivity contribution is -0.386. The van der Waals surface area contributed by atoms with Crippen LogP contribution in [0.2, 0.25) is 0 Å². The van der Waals surface area contributed by atoms with Gasteiger partial charge in [-0.05, 0) is 26.8 Å². The number of hydrogen-bond acceptors (Lipinski definition) is 8. The van der Waals surface area contributed by atoms with Crippen LogP contribution in [-0.2, 0) is 20.9 Å². The number of benzene rings is 1. The van der Waals surface area contributed by atoms with Crippen molar-refractivity contribution in [2.45, 2.75) is 46.0 Å². The molecule has 1 amide bonds. The Morgan fingerprint density at radius 2 is 1.90 bits per heavy atom. The second kappa shape index (κ2) is 10.4. The summed E-state index contributed by atoms with van der Waals surface area (Å²) in [5.41, 5.74) is -1.36. The molecule has 0 heterocycles. The van der Waals surface area contributed by atoms with Crippen molar-refractivity contribution in [3.8, 4) is 11.5 Å². The Morgan fingerprint density at radius 3 is 2.41 bits per heavy atom. The minimum absolute atomic E-state index is 0.0691. The van der Waals surface area contributed by atoms with E-state index in [0.29, 0.717) is 0 Å². The van der Waals surface area contributed by atoms with E-state index in [1.807, 2.05) is 0 Å². The molecule has 0 saturated carbocycles. The van der Waals surface area contributed by atoms with Gasteiger partial charge in [0.2, 0.25) is 0 Å². The van der Waals surface area contributed by atoms with Crippen LogP contribution in [0.3, 0.4) is 0 Å². The Labute approximate surface area is 165 Å². The van der Waals surface area contributed by atoms with Gasteiger partial charge in [0.1, 0.15) is 12.2 Å². The number of nitro groups is 1. The van der Waals surface area contributed by atoms with E-state index in [0.717, 1.165) is 19.2 Å². The molecule has 1 aromatic carbocycles. The normalized spacial score (nSPS) is 11.0. The zero-order valence-electron chi connectivity index (χ0n) is 16.3. The van der Waals surface area contributed by atoms with Crippen LogP contribution in [0.1, 0.15) is 32.8 Å². The molecule has 0 aliphatic carbocycles. The number of nitrogens with zero attached hydrogens (tertiary/aromatic N) is 1. The van der Waals surface area contributed by atoms with E-state index in [9.17, 15) is 28.5 Å². The first-order valence-electron chi connectivity index (χ1n) is 8.35. The molecule has 0 atom stereocenters. The Balaban J connectivity index is 2.71. The number of alkyl halides is 2. The monoisotopic (exact) mass is 420 g/mol. The molecular weight excluding hydrogens is 398 g/mol. The molecule has 1 rings (SSSR count). The van der Waals surface area contributed by atoms with Gasteiger partial charge in [-0.25, -0.2) is 4.79 Å². The van der Waals surface area contributed by atoms with Crippen molar-refractivity contribution < 1.29 is 42.2 Å². The SMILES string of the molecule is COc1cc(COC(=O)CCNC(=O)OC(C)(C)C)c([N+](=O)[O-])cc1OC(F)F. The molecule has 0 aromatic heterocycles. The van der Waals surface area contributed by atoms with Crippen molar-refractivity contribution >= 4 is 17.7 Å². The molecule has 1 aromatic rings. The molecule has 1 N–H and O–H groups in total. The number of methoxy groups -OCH3 is 1. The topological polar surface area (TPSA) is 126 Å². The second-order valence-electron chi connectivity index (χ2n) is 6.61. The molecule has 0 bridgehead atoms. The van der Waals surface area contributed by atoms with E-state index in [1.54, 1.807) is 20.8 Å². The quantitative estimate of drug-likeness (QED) is 0.367. The number of carbonyl (C=O) groups is 2. The van der Waals surface area contributed by atoms with Gasteiger partial charge in [-0.15, -0.1) is 0 Å². The summed E-state index contributed by atoms with van der Waals surface area (Å²) >= 11 is 0. The maximum atomic E-state index is 12.4. The molecule has 29 heavy (non-hydrogen) atoms. The summed E-state index contributed by atoms with van der Waals surface area (Å²) in [7, 11) is 1.16. The van der Waals surface area contributed by atoms with Gasteiger partial charge in [0.25, 0.3) is 5.69 Å². The van der Waals surface area contributed by atoms with E-state index in [2.05, 4.69) is 10.1 Å². The van der Waals surface area contributed by atoms with Crippen molar-refractivity contribution in [1.29, 1.82) is 0 Å². The van der Waals surface area contributed by atoms with Crippen LogP contribution in [0.25, 0.3) is 0 Å². The van der Waals surface area contributed by atoms with Gasteiger partial charge < -0.3 is 24.3 Å². The van der Waals surface area contributed by atoms with Crippen molar-refractivity contribution in [2.24, 2.45) is 0 Å². The zero-order chi connectivity index (χ0) is 22.2. The molecule has 10 nitrogen and oxygen atoms in total. The molecule has 0 radical (unpaired) electrons. The van der Waals surface area contributed by atoms with E-state index < -0.39 is 47.2 Å². The number of nitrogens with one attached hydrogen (secondary N) is 1. The van der Waals surface area contributed by atoms with E-state index in [-0.39, 0.29) is 24.3 Å². The molecule has 0 aliphatic heterocycles. The summed E-state index contributed by atoms with van der Waals surface area (Å²) in [5, 5.41) is 13.5. The van der Waals surface area contributed by atoms with Gasteiger partial charge >= 0.3 is 18.7 Å². The van der Waals surface area contributed by atoms with Crippen molar-refractivity contribution in [3.05, 3.63) is 27.8 Å². The summed E-state index contributed by atoms with van der Waals surface area (Å²) in [6.45, 7) is 1.26. The molecule has 12 heteroatoms. The summed E-state index contributed by atoms with van der Waals surface area (Å²) in [6, 6.07) is 1.83. The van der Waals surface area contributed by atoms with E-state index in [4.69, 9.17) is 14.2 Å². The fraction of sp³-hybridized carbons (Fsp3) is 0.529. The maximum absolute atomic E-state index is 12.4. The average Bonchev–Trinajstić information content (AvgIpc) is 2.57. The van der Waals surface area contributed by atoms with Crippen LogP contribution in [0.15, 0.2) is 12.1 Å². The molecule has 0 fully saturated rings. The molecule has 0 spiro atoms. The maximum Gasteiger partial charge on any atom is 0.407 e. The van der Waals surface area contributed by atoms with Crippen LogP contribution >= 0.6 is 0 Å². The zero-order valence-corrected chi connectivity index (χ0v) is 16.3. The molecule has 0 saturated heterocycles. The number of esters is 1. The summed E-state index contributed by atoms with van der Waals surface area (Å²) in [6.07, 6.45) is -0.920. The lowest BCUT2D eigenvalue weighted by atomic mass is 10.1. The first-order chi connectivity index (χ1) is 13.4. The fourth-order valence-electron chi connectivity index (χ4n) is 2.04. The highest BCUT2D eigenvalue weighted by molar-refractivity contribution is 5.72. The molecule has 162 valence electrons. The highest BCUT2D eigenvalue weighted by Crippen LogP contribution is 2.36. The Hall–Kier alpha value is -3.18. The minimum Gasteiger partial charge on any atom is -0.493 e. The van der Waals surface area contributed by atoms with E-state index >= 15 is 0 Å². The third kappa shape index (κ3) is 8.58. The lowest BCUT2D eigenvalue weighted by Crippen LogP contribution is -2.33. The number of ether oxygens (including phenoxy) is 4. The van der Waals surface area contributed by atoms with Crippen molar-refractivity contribution in [2.75, 3.05) is 13.7 Å². The molecule has 0 unspecified atom stereocenters. The molecular formula is C17H22F2N2O8. The summed E-state index contributed by atoms with van der Waals surface area (Å²) in [5.74, 6) is -1.46. The van der Waals surface area contributed by atoms with Crippen molar-refractivity contribution in [3.63, 3.8) is 0 Å². The van der Waals surface area contributed by atoms with Crippen molar-refractivity contribution in [1.82, 2.24) is 5.32 Å². The fourth-order valence-corrected chi connectivity index (χ4v) is 2.04. The third-order valence-corrected chi connectivity index (χ3v) is 3.16. The van der Waals surface area contributed by atoms with Gasteiger partial charge in [0.15, 0.2) is 11.5 Å². The second-order valence-corrected chi connectivity index (χ2v) is 6.61. The highest BCUT2D eigenvalue weighted by Gasteiger charge is 2.23. The number of nitro benzene ring substituents is 1. The minimum atomic E-state index is -3.20. The third-order valence-electron chi connectivity index (χ3n) is 3.16. The van der Waals surface area contributed by atoms with Gasteiger partial charge in [-0.2, -0.15) is 8.78 Å². The largest absolute Gasteiger partial charge is 0.493 e. The van der Waals surface area contributed by atoms with E-state index in [1.165, 1.54) is 0 Å². The first kappa shape index (κ1) is 23.9. The van der Waals surface area contributed by atoms with Crippen LogP contribution in [-0.4, -0.2) is 42.9 Å². The lowest BCUT2D eigenvalue weighted by Gasteiger charge is -2.19. The summed E-state index contributed by atoms with van der Waals surface area (Å²) < 4.78 is 43.9. The highest BCUT2D eigenvalue weighted by atomic mass is 19.3. The van der Waals surface area contributed by atoms with Gasteiger partial charge in [0, 0.05) is 6.54 Å². The van der Waals surface area contributed by atoms with Gasteiger partial charge in [-0.3, -0.25) is 14.9 Å². The van der Waals surface area contributed by atoms with Crippen LogP contribution in [0.5, 0.6) is 11.5 Å². The Morgan fingerprint density at radius 1 is 1.24 bits per heavy atom. The number of rotatable bonds is 9. The Bertz CT molecular complexity index is 750. The number of halogens is 2. The first-order valence-corrected chi connectivity index (χ1v) is 8.35. The van der Waals surface area contributed by atoms with Gasteiger partial charge in [-0.1, -0.05) is 0 Å². The number of alkyl carbamates (subject to hydrolysis) is 1. The van der Waals surface area contributed by atoms with Gasteiger partial charge in [0.05, 0.1) is 30.1 Å². The number of amides is 1. The van der Waals surface area contributed by atoms with Crippen LogP contribution in [0, 0.1) is 10.1 Å². The van der Waals surface area contributed by atoms with Crippen LogP contribution in [0.4, 0.5) is 19.3 Å². The predicted molar refractivity (Wildman–Crippen MR) is 94.9 cm³/mol. The summed E-state index contributed by atoms with van der Waals surface area (Å²) in [4.78, 5) is 33.6. The standard InChI is InChI=1S/C17H22F2N2O8/c1-17(2,3)29-16(23)20-6-5-14(22)27-9-10-7-12(26-4)13(28-15(18)19)8-11(10)21(24)25/h7-8,15H,5-6,9H2,1-4H3,(H,20,23). The predicted octanol–water partition coefficient (Wildman–Crippen LogP) is 3.16. The number of hydrogen-bond donors (Lipinski definition) is 1. The molecule has 0 aliphatic rings.